The van der Waals surface area contributed by atoms with Crippen LogP contribution in [0.25, 0.3) is 11.1 Å². The van der Waals surface area contributed by atoms with Crippen molar-refractivity contribution in [2.75, 3.05) is 19.1 Å². The second kappa shape index (κ2) is 9.46. The smallest absolute Gasteiger partial charge is 0.329 e. The van der Waals surface area contributed by atoms with E-state index in [0.717, 1.165) is 16.7 Å². The van der Waals surface area contributed by atoms with Crippen LogP contribution in [-0.2, 0) is 29.1 Å². The van der Waals surface area contributed by atoms with Gasteiger partial charge < -0.3 is 23.5 Å². The summed E-state index contributed by atoms with van der Waals surface area (Å²) >= 11 is 6.11. The molecule has 35 heavy (non-hydrogen) atoms. The van der Waals surface area contributed by atoms with E-state index in [9.17, 15) is 9.18 Å². The summed E-state index contributed by atoms with van der Waals surface area (Å²) in [7, 11) is 2.90. The molecule has 0 saturated carbocycles. The molecule has 0 amide bonds. The SMILES string of the molecule is COC(=O)C1Cc2c(ccc(OC)c2OCc2cccc(Cl)c2)CN1c1nc2ccc(F)cc2o1. The van der Waals surface area contributed by atoms with Crippen molar-refractivity contribution in [2.45, 2.75) is 25.6 Å². The lowest BCUT2D eigenvalue weighted by molar-refractivity contribution is -0.142. The van der Waals surface area contributed by atoms with Gasteiger partial charge in [-0.25, -0.2) is 9.18 Å². The Morgan fingerprint density at radius 2 is 2.06 bits per heavy atom. The summed E-state index contributed by atoms with van der Waals surface area (Å²) in [5, 5.41) is 0.618. The maximum absolute atomic E-state index is 13.7. The predicted octanol–water partition coefficient (Wildman–Crippen LogP) is 5.31. The highest BCUT2D eigenvalue weighted by atomic mass is 35.5. The average Bonchev–Trinajstić information content (AvgIpc) is 3.29. The third-order valence-corrected chi connectivity index (χ3v) is 6.22. The molecule has 1 aromatic heterocycles. The van der Waals surface area contributed by atoms with Gasteiger partial charge in [-0.3, -0.25) is 0 Å². The number of esters is 1. The van der Waals surface area contributed by atoms with Crippen LogP contribution in [0, 0.1) is 5.82 Å². The molecule has 2 heterocycles. The fourth-order valence-electron chi connectivity index (χ4n) is 4.27. The molecule has 0 fully saturated rings. The number of nitrogens with zero attached hydrogens (tertiary/aromatic N) is 2. The monoisotopic (exact) mass is 496 g/mol. The zero-order chi connectivity index (χ0) is 24.5. The zero-order valence-electron chi connectivity index (χ0n) is 19.1. The molecule has 0 saturated heterocycles. The van der Waals surface area contributed by atoms with Crippen molar-refractivity contribution in [3.63, 3.8) is 0 Å². The second-order valence-electron chi connectivity index (χ2n) is 8.13. The van der Waals surface area contributed by atoms with E-state index in [1.807, 2.05) is 30.3 Å². The van der Waals surface area contributed by atoms with Gasteiger partial charge >= 0.3 is 5.97 Å². The number of ether oxygens (including phenoxy) is 3. The summed E-state index contributed by atoms with van der Waals surface area (Å²) in [6.45, 7) is 0.582. The Labute approximate surface area is 206 Å². The molecular weight excluding hydrogens is 475 g/mol. The van der Waals surface area contributed by atoms with Gasteiger partial charge in [0.15, 0.2) is 17.1 Å². The standard InChI is InChI=1S/C26H22ClFN2O5/c1-32-22-9-6-16-13-30(26-29-20-8-7-18(28)11-23(20)35-26)21(25(31)33-2)12-19(16)24(22)34-14-15-4-3-5-17(27)10-15/h3-11,21H,12-14H2,1-2H3. The first kappa shape index (κ1) is 23.0. The molecule has 3 aromatic carbocycles. The molecule has 180 valence electrons. The minimum atomic E-state index is -0.731. The van der Waals surface area contributed by atoms with Crippen molar-refractivity contribution < 1.29 is 27.8 Å². The van der Waals surface area contributed by atoms with Crippen molar-refractivity contribution in [1.82, 2.24) is 4.98 Å². The van der Waals surface area contributed by atoms with Crippen molar-refractivity contribution in [3.8, 4) is 11.5 Å². The Morgan fingerprint density at radius 3 is 2.83 bits per heavy atom. The minimum Gasteiger partial charge on any atom is -0.493 e. The minimum absolute atomic E-state index is 0.212. The summed E-state index contributed by atoms with van der Waals surface area (Å²) in [6.07, 6.45) is 0.275. The number of aromatic nitrogens is 1. The normalized spacial score (nSPS) is 15.1. The lowest BCUT2D eigenvalue weighted by Gasteiger charge is -2.35. The highest BCUT2D eigenvalue weighted by molar-refractivity contribution is 6.30. The number of benzene rings is 3. The van der Waals surface area contributed by atoms with Gasteiger partial charge in [0.1, 0.15) is 24.0 Å². The Bertz CT molecular complexity index is 1410. The van der Waals surface area contributed by atoms with Crippen molar-refractivity contribution >= 4 is 34.7 Å². The number of halogens is 2. The Morgan fingerprint density at radius 1 is 1.20 bits per heavy atom. The predicted molar refractivity (Wildman–Crippen MR) is 128 cm³/mol. The molecule has 1 aliphatic rings. The third kappa shape index (κ3) is 4.49. The number of fused-ring (bicyclic) bond motifs is 2. The van der Waals surface area contributed by atoms with Crippen LogP contribution >= 0.6 is 11.6 Å². The van der Waals surface area contributed by atoms with Crippen LogP contribution in [0.2, 0.25) is 5.02 Å². The fourth-order valence-corrected chi connectivity index (χ4v) is 4.49. The molecule has 0 bridgehead atoms. The largest absolute Gasteiger partial charge is 0.493 e. The lowest BCUT2D eigenvalue weighted by atomic mass is 9.92. The van der Waals surface area contributed by atoms with E-state index in [1.165, 1.54) is 25.3 Å². The Hall–Kier alpha value is -3.78. The summed E-state index contributed by atoms with van der Waals surface area (Å²) in [6, 6.07) is 14.7. The van der Waals surface area contributed by atoms with E-state index in [0.29, 0.717) is 34.2 Å². The molecule has 0 aliphatic carbocycles. The Kier molecular flexibility index (Phi) is 6.21. The number of rotatable bonds is 6. The second-order valence-corrected chi connectivity index (χ2v) is 8.57. The molecule has 1 atom stereocenters. The highest BCUT2D eigenvalue weighted by Gasteiger charge is 2.37. The van der Waals surface area contributed by atoms with Crippen LogP contribution in [0.5, 0.6) is 11.5 Å². The third-order valence-electron chi connectivity index (χ3n) is 5.99. The van der Waals surface area contributed by atoms with E-state index in [-0.39, 0.29) is 19.0 Å². The van der Waals surface area contributed by atoms with Crippen LogP contribution in [-0.4, -0.2) is 31.2 Å². The van der Waals surface area contributed by atoms with Crippen LogP contribution in [0.1, 0.15) is 16.7 Å². The molecule has 0 radical (unpaired) electrons. The Balaban J connectivity index is 1.52. The number of hydrogen-bond donors (Lipinski definition) is 0. The highest BCUT2D eigenvalue weighted by Crippen LogP contribution is 2.40. The van der Waals surface area contributed by atoms with Gasteiger partial charge in [-0.15, -0.1) is 0 Å². The van der Waals surface area contributed by atoms with Crippen molar-refractivity contribution in [3.05, 3.63) is 82.1 Å². The molecule has 7 nitrogen and oxygen atoms in total. The summed E-state index contributed by atoms with van der Waals surface area (Å²) in [5.41, 5.74) is 3.45. The van der Waals surface area contributed by atoms with Gasteiger partial charge in [-0.2, -0.15) is 4.98 Å². The fraction of sp³-hybridized carbons (Fsp3) is 0.231. The number of carbonyl (C=O) groups is 1. The van der Waals surface area contributed by atoms with Gasteiger partial charge in [-0.05, 0) is 41.5 Å². The summed E-state index contributed by atoms with van der Waals surface area (Å²) in [5.74, 6) is 0.230. The van der Waals surface area contributed by atoms with E-state index in [4.69, 9.17) is 30.2 Å². The quantitative estimate of drug-likeness (QED) is 0.335. The molecule has 4 aromatic rings. The first-order valence-corrected chi connectivity index (χ1v) is 11.3. The summed E-state index contributed by atoms with van der Waals surface area (Å²) < 4.78 is 36.3. The van der Waals surface area contributed by atoms with E-state index >= 15 is 0 Å². The lowest BCUT2D eigenvalue weighted by Crippen LogP contribution is -2.46. The van der Waals surface area contributed by atoms with Gasteiger partial charge in [0.25, 0.3) is 6.01 Å². The van der Waals surface area contributed by atoms with Crippen molar-refractivity contribution in [1.29, 1.82) is 0 Å². The van der Waals surface area contributed by atoms with Gasteiger partial charge in [-0.1, -0.05) is 29.8 Å². The van der Waals surface area contributed by atoms with E-state index in [2.05, 4.69) is 4.98 Å². The van der Waals surface area contributed by atoms with Crippen LogP contribution < -0.4 is 14.4 Å². The van der Waals surface area contributed by atoms with Crippen molar-refractivity contribution in [2.24, 2.45) is 0 Å². The number of hydrogen-bond acceptors (Lipinski definition) is 7. The van der Waals surface area contributed by atoms with Crippen LogP contribution in [0.3, 0.4) is 0 Å². The van der Waals surface area contributed by atoms with E-state index < -0.39 is 17.8 Å². The molecule has 5 rings (SSSR count). The van der Waals surface area contributed by atoms with Gasteiger partial charge in [0.2, 0.25) is 0 Å². The molecule has 9 heteroatoms. The number of anilines is 1. The van der Waals surface area contributed by atoms with Gasteiger partial charge in [0.05, 0.1) is 14.2 Å². The first-order valence-electron chi connectivity index (χ1n) is 10.9. The van der Waals surface area contributed by atoms with Crippen LogP contribution in [0.15, 0.2) is 59.0 Å². The topological polar surface area (TPSA) is 74.0 Å². The van der Waals surface area contributed by atoms with Gasteiger partial charge in [0, 0.05) is 29.6 Å². The molecule has 1 unspecified atom stereocenters. The molecule has 0 spiro atoms. The van der Waals surface area contributed by atoms with E-state index in [1.54, 1.807) is 18.1 Å². The molecule has 0 N–H and O–H groups in total. The molecular formula is C26H22ClFN2O5. The number of carbonyl (C=O) groups excluding carboxylic acids is 1. The maximum atomic E-state index is 13.7. The number of methoxy groups -OCH3 is 2. The van der Waals surface area contributed by atoms with Crippen LogP contribution in [0.4, 0.5) is 10.4 Å². The molecule has 1 aliphatic heterocycles. The average molecular weight is 497 g/mol. The zero-order valence-corrected chi connectivity index (χ0v) is 19.8. The summed E-state index contributed by atoms with van der Waals surface area (Å²) in [4.78, 5) is 19.0. The first-order chi connectivity index (χ1) is 17.0. The number of oxazole rings is 1. The maximum Gasteiger partial charge on any atom is 0.329 e.